The van der Waals surface area contributed by atoms with E-state index in [1.165, 1.54) is 10.6 Å². The smallest absolute Gasteiger partial charge is 0.274 e. The van der Waals surface area contributed by atoms with Gasteiger partial charge in [0.2, 0.25) is 5.95 Å². The summed E-state index contributed by atoms with van der Waals surface area (Å²) < 4.78 is 6.47. The molecule has 0 radical (unpaired) electrons. The van der Waals surface area contributed by atoms with Crippen LogP contribution in [0.3, 0.4) is 0 Å². The third kappa shape index (κ3) is 4.16. The second-order valence-corrected chi connectivity index (χ2v) is 5.67. The lowest BCUT2D eigenvalue weighted by atomic mass is 10.2. The van der Waals surface area contributed by atoms with Crippen molar-refractivity contribution in [1.82, 2.24) is 24.9 Å². The highest BCUT2D eigenvalue weighted by atomic mass is 16.5. The van der Waals surface area contributed by atoms with Crippen LogP contribution in [-0.2, 0) is 13.1 Å². The first-order valence-corrected chi connectivity index (χ1v) is 8.26. The van der Waals surface area contributed by atoms with Crippen molar-refractivity contribution in [3.63, 3.8) is 0 Å². The average molecular weight is 342 g/mol. The summed E-state index contributed by atoms with van der Waals surface area (Å²) in [6.45, 7) is 4.10. The molecule has 0 fully saturated rings. The van der Waals surface area contributed by atoms with Crippen molar-refractivity contribution in [2.24, 2.45) is 0 Å². The van der Waals surface area contributed by atoms with Gasteiger partial charge in [-0.3, -0.25) is 9.89 Å². The van der Waals surface area contributed by atoms with Crippen LogP contribution in [0.1, 0.15) is 24.6 Å². The number of benzene rings is 1. The van der Waals surface area contributed by atoms with Crippen molar-refractivity contribution in [2.45, 2.75) is 26.4 Å². The summed E-state index contributed by atoms with van der Waals surface area (Å²) in [7, 11) is 1.64. The highest BCUT2D eigenvalue weighted by molar-refractivity contribution is 5.38. The number of aromatic amines is 1. The van der Waals surface area contributed by atoms with Gasteiger partial charge in [-0.15, -0.1) is 0 Å². The first-order chi connectivity index (χ1) is 12.2. The Morgan fingerprint density at radius 2 is 2.00 bits per heavy atom. The number of anilines is 1. The molecule has 1 aromatic carbocycles. The quantitative estimate of drug-likeness (QED) is 0.537. The molecule has 0 spiro atoms. The van der Waals surface area contributed by atoms with Gasteiger partial charge >= 0.3 is 0 Å². The van der Waals surface area contributed by atoms with Crippen molar-refractivity contribution in [3.8, 4) is 5.75 Å². The predicted octanol–water partition coefficient (Wildman–Crippen LogP) is 1.54. The topological polar surface area (TPSA) is 96.3 Å². The number of aromatic nitrogens is 4. The molecule has 3 rings (SSSR count). The normalized spacial score (nSPS) is 11.0. The second-order valence-electron chi connectivity index (χ2n) is 5.67. The Balaban J connectivity index is 1.71. The van der Waals surface area contributed by atoms with Crippen LogP contribution in [0.25, 0.3) is 5.78 Å². The summed E-state index contributed by atoms with van der Waals surface area (Å²) in [5.41, 5.74) is 1.58. The molecule has 3 N–H and O–H groups in total. The molecule has 0 aliphatic heterocycles. The van der Waals surface area contributed by atoms with E-state index in [0.717, 1.165) is 24.3 Å². The van der Waals surface area contributed by atoms with E-state index < -0.39 is 0 Å². The maximum absolute atomic E-state index is 12.2. The van der Waals surface area contributed by atoms with Gasteiger partial charge in [-0.2, -0.15) is 9.50 Å². The number of ether oxygens (including phenoxy) is 1. The van der Waals surface area contributed by atoms with Crippen molar-refractivity contribution in [1.29, 1.82) is 0 Å². The molecule has 0 saturated carbocycles. The van der Waals surface area contributed by atoms with Crippen LogP contribution >= 0.6 is 0 Å². The number of rotatable bonds is 8. The molecular formula is C17H22N6O2. The molecule has 0 amide bonds. The molecule has 0 saturated heterocycles. The molecule has 0 unspecified atom stereocenters. The molecule has 0 aliphatic carbocycles. The lowest BCUT2D eigenvalue weighted by Gasteiger charge is -2.04. The highest BCUT2D eigenvalue weighted by Crippen LogP contribution is 2.12. The average Bonchev–Trinajstić information content (AvgIpc) is 3.04. The molecular weight excluding hydrogens is 320 g/mol. The van der Waals surface area contributed by atoms with E-state index >= 15 is 0 Å². The number of hydrogen-bond acceptors (Lipinski definition) is 6. The number of nitrogens with one attached hydrogen (secondary N) is 3. The Labute approximate surface area is 145 Å². The van der Waals surface area contributed by atoms with Gasteiger partial charge in [-0.25, -0.2) is 4.98 Å². The molecule has 2 heterocycles. The molecule has 0 aliphatic rings. The van der Waals surface area contributed by atoms with Crippen molar-refractivity contribution in [2.75, 3.05) is 19.0 Å². The lowest BCUT2D eigenvalue weighted by Crippen LogP contribution is -2.20. The first kappa shape index (κ1) is 17.0. The van der Waals surface area contributed by atoms with E-state index in [4.69, 9.17) is 4.74 Å². The van der Waals surface area contributed by atoms with Gasteiger partial charge in [0.1, 0.15) is 5.75 Å². The monoisotopic (exact) mass is 342 g/mol. The first-order valence-electron chi connectivity index (χ1n) is 8.26. The Morgan fingerprint density at radius 3 is 2.72 bits per heavy atom. The van der Waals surface area contributed by atoms with Crippen LogP contribution < -0.4 is 20.9 Å². The number of fused-ring (bicyclic) bond motifs is 1. The second kappa shape index (κ2) is 7.80. The molecule has 8 nitrogen and oxygen atoms in total. The Bertz CT molecular complexity index is 884. The largest absolute Gasteiger partial charge is 0.497 e. The fourth-order valence-electron chi connectivity index (χ4n) is 2.42. The maximum atomic E-state index is 12.2. The van der Waals surface area contributed by atoms with Crippen molar-refractivity contribution in [3.05, 3.63) is 51.9 Å². The molecule has 3 aromatic rings. The van der Waals surface area contributed by atoms with Gasteiger partial charge in [-0.05, 0) is 30.7 Å². The maximum Gasteiger partial charge on any atom is 0.274 e. The third-order valence-corrected chi connectivity index (χ3v) is 3.74. The van der Waals surface area contributed by atoms with Crippen molar-refractivity contribution < 1.29 is 4.74 Å². The Kier molecular flexibility index (Phi) is 5.30. The number of methoxy groups -OCH3 is 1. The zero-order valence-electron chi connectivity index (χ0n) is 14.4. The van der Waals surface area contributed by atoms with E-state index in [-0.39, 0.29) is 5.56 Å². The lowest BCUT2D eigenvalue weighted by molar-refractivity contribution is 0.414. The van der Waals surface area contributed by atoms with Gasteiger partial charge in [-0.1, -0.05) is 19.1 Å². The zero-order chi connectivity index (χ0) is 17.6. The van der Waals surface area contributed by atoms with Gasteiger partial charge in [0.25, 0.3) is 11.3 Å². The van der Waals surface area contributed by atoms with E-state index in [9.17, 15) is 4.79 Å². The highest BCUT2D eigenvalue weighted by Gasteiger charge is 2.08. The number of nitrogens with zero attached hydrogens (tertiary/aromatic N) is 3. The molecule has 8 heteroatoms. The number of H-pyrrole nitrogens is 1. The van der Waals surface area contributed by atoms with E-state index in [2.05, 4.69) is 32.6 Å². The van der Waals surface area contributed by atoms with E-state index in [1.54, 1.807) is 7.11 Å². The summed E-state index contributed by atoms with van der Waals surface area (Å²) in [5.74, 6) is 1.67. The van der Waals surface area contributed by atoms with Gasteiger partial charge in [0.15, 0.2) is 0 Å². The van der Waals surface area contributed by atoms with Crippen LogP contribution in [0.2, 0.25) is 0 Å². The molecule has 0 atom stereocenters. The third-order valence-electron chi connectivity index (χ3n) is 3.74. The Morgan fingerprint density at radius 1 is 1.20 bits per heavy atom. The molecule has 0 bridgehead atoms. The summed E-state index contributed by atoms with van der Waals surface area (Å²) in [5, 5.41) is 9.32. The summed E-state index contributed by atoms with van der Waals surface area (Å²) in [6, 6.07) is 9.25. The van der Waals surface area contributed by atoms with E-state index in [0.29, 0.717) is 30.5 Å². The van der Waals surface area contributed by atoms with Crippen LogP contribution in [0.15, 0.2) is 35.1 Å². The van der Waals surface area contributed by atoms with Crippen LogP contribution in [0.5, 0.6) is 5.75 Å². The summed E-state index contributed by atoms with van der Waals surface area (Å²) in [6.07, 6.45) is 1.03. The minimum Gasteiger partial charge on any atom is -0.497 e. The van der Waals surface area contributed by atoms with Gasteiger partial charge in [0, 0.05) is 19.2 Å². The Hall–Kier alpha value is -2.87. The fourth-order valence-corrected chi connectivity index (χ4v) is 2.42. The fraction of sp³-hybridized carbons (Fsp3) is 0.353. The van der Waals surface area contributed by atoms with Gasteiger partial charge < -0.3 is 15.4 Å². The molecule has 2 aromatic heterocycles. The summed E-state index contributed by atoms with van der Waals surface area (Å²) in [4.78, 5) is 20.9. The SMILES string of the molecule is CCCNCc1cc(=O)n2[nH]c(NCc3ccc(OC)cc3)nc2n1. The van der Waals surface area contributed by atoms with Crippen LogP contribution in [-0.4, -0.2) is 33.2 Å². The predicted molar refractivity (Wildman–Crippen MR) is 95.9 cm³/mol. The standard InChI is InChI=1S/C17H22N6O2/c1-3-8-18-11-13-9-15(24)23-17(20-13)21-16(22-23)19-10-12-4-6-14(25-2)7-5-12/h4-7,9,18H,3,8,10-11H2,1-2H3,(H2,19,20,21,22). The van der Waals surface area contributed by atoms with Crippen molar-refractivity contribution >= 4 is 11.7 Å². The van der Waals surface area contributed by atoms with Crippen LogP contribution in [0, 0.1) is 0 Å². The zero-order valence-corrected chi connectivity index (χ0v) is 14.4. The number of hydrogen-bond donors (Lipinski definition) is 3. The van der Waals surface area contributed by atoms with Gasteiger partial charge in [0.05, 0.1) is 12.8 Å². The molecule has 25 heavy (non-hydrogen) atoms. The van der Waals surface area contributed by atoms with Crippen LogP contribution in [0.4, 0.5) is 5.95 Å². The minimum atomic E-state index is -0.178. The molecule has 132 valence electrons. The van der Waals surface area contributed by atoms with E-state index in [1.807, 2.05) is 24.3 Å². The minimum absolute atomic E-state index is 0.178. The summed E-state index contributed by atoms with van der Waals surface area (Å²) >= 11 is 0.